The van der Waals surface area contributed by atoms with Crippen molar-refractivity contribution >= 4 is 17.3 Å². The van der Waals surface area contributed by atoms with Gasteiger partial charge in [0.15, 0.2) is 6.29 Å². The molecule has 5 atom stereocenters. The number of carbonyl (C=O) groups is 2. The van der Waals surface area contributed by atoms with Gasteiger partial charge in [0.2, 0.25) is 0 Å². The summed E-state index contributed by atoms with van der Waals surface area (Å²) in [5.41, 5.74) is -0.204. The highest BCUT2D eigenvalue weighted by atomic mass is 16.6. The maximum absolute atomic E-state index is 12.3. The number of rotatable bonds is 3. The first-order valence-corrected chi connectivity index (χ1v) is 7.97. The molecule has 0 spiro atoms. The molecule has 0 radical (unpaired) electrons. The van der Waals surface area contributed by atoms with Crippen molar-refractivity contribution in [1.29, 1.82) is 0 Å². The lowest BCUT2D eigenvalue weighted by Gasteiger charge is -2.39. The molecule has 24 heavy (non-hydrogen) atoms. The van der Waals surface area contributed by atoms with E-state index in [1.54, 1.807) is 0 Å². The van der Waals surface area contributed by atoms with Gasteiger partial charge in [-0.1, -0.05) is 13.8 Å². The fourth-order valence-electron chi connectivity index (χ4n) is 3.39. The maximum atomic E-state index is 12.3. The topological polar surface area (TPSA) is 137 Å². The van der Waals surface area contributed by atoms with Crippen molar-refractivity contribution in [2.24, 2.45) is 16.3 Å². The molecule has 2 aliphatic rings. The zero-order valence-electron chi connectivity index (χ0n) is 14.0. The molecule has 2 fully saturated rings. The second-order valence-electron chi connectivity index (χ2n) is 7.37. The number of aliphatic hydroxyl groups is 4. The van der Waals surface area contributed by atoms with E-state index < -0.39 is 43.2 Å². The predicted octanol–water partition coefficient (Wildman–Crippen LogP) is -1.18. The highest BCUT2D eigenvalue weighted by Crippen LogP contribution is 2.34. The van der Waals surface area contributed by atoms with Gasteiger partial charge in [0.1, 0.15) is 41.8 Å². The molecular formula is C16H25NO7. The van der Waals surface area contributed by atoms with Crippen LogP contribution in [-0.2, 0) is 14.3 Å². The first kappa shape index (κ1) is 19.1. The van der Waals surface area contributed by atoms with Crippen LogP contribution in [0, 0.1) is 11.3 Å². The van der Waals surface area contributed by atoms with Crippen LogP contribution in [0.4, 0.5) is 0 Å². The molecule has 1 heterocycles. The van der Waals surface area contributed by atoms with Crippen LogP contribution >= 0.6 is 0 Å². The van der Waals surface area contributed by atoms with Gasteiger partial charge >= 0.3 is 0 Å². The maximum Gasteiger partial charge on any atom is 0.180 e. The molecule has 1 saturated heterocycles. The van der Waals surface area contributed by atoms with Gasteiger partial charge in [-0.05, 0) is 12.3 Å². The summed E-state index contributed by atoms with van der Waals surface area (Å²) in [6.45, 7) is 4.61. The van der Waals surface area contributed by atoms with Gasteiger partial charge in [-0.15, -0.1) is 0 Å². The Balaban J connectivity index is 2.21. The van der Waals surface area contributed by atoms with Gasteiger partial charge < -0.3 is 25.2 Å². The summed E-state index contributed by atoms with van der Waals surface area (Å²) < 4.78 is 5.02. The number of ether oxygens (including phenoxy) is 1. The van der Waals surface area contributed by atoms with E-state index in [0.29, 0.717) is 0 Å². The van der Waals surface area contributed by atoms with Crippen molar-refractivity contribution in [1.82, 2.24) is 0 Å². The molecule has 8 nitrogen and oxygen atoms in total. The van der Waals surface area contributed by atoms with Gasteiger partial charge in [-0.3, -0.25) is 14.6 Å². The number of nitrogens with zero attached hydrogens (tertiary/aromatic N) is 1. The summed E-state index contributed by atoms with van der Waals surface area (Å²) in [5.74, 6) is -1.48. The van der Waals surface area contributed by atoms with Crippen molar-refractivity contribution in [3.05, 3.63) is 0 Å². The summed E-state index contributed by atoms with van der Waals surface area (Å²) in [4.78, 5) is 28.7. The third-order valence-electron chi connectivity index (χ3n) is 4.59. The minimum Gasteiger partial charge on any atom is -0.394 e. The largest absolute Gasteiger partial charge is 0.394 e. The van der Waals surface area contributed by atoms with E-state index in [1.807, 2.05) is 13.8 Å². The van der Waals surface area contributed by atoms with Crippen LogP contribution in [0.25, 0.3) is 0 Å². The SMILES string of the molecule is CC(=N[C@H]1[C@@H](O)[C@@H](O)[C@@H](CO)O[C@@H]1O)C1C(=O)CC(C)(C)CC1=O. The average Bonchev–Trinajstić information content (AvgIpc) is 2.45. The lowest BCUT2D eigenvalue weighted by molar-refractivity contribution is -0.248. The summed E-state index contributed by atoms with van der Waals surface area (Å²) in [6.07, 6.45) is -5.10. The Bertz CT molecular complexity index is 525. The molecule has 0 aromatic carbocycles. The van der Waals surface area contributed by atoms with Crippen LogP contribution in [0.2, 0.25) is 0 Å². The van der Waals surface area contributed by atoms with Crippen molar-refractivity contribution in [2.45, 2.75) is 64.3 Å². The molecule has 2 rings (SSSR count). The Hall–Kier alpha value is -1.19. The minimum atomic E-state index is -1.55. The van der Waals surface area contributed by atoms with Crippen LogP contribution in [0.1, 0.15) is 33.6 Å². The van der Waals surface area contributed by atoms with E-state index in [9.17, 15) is 24.9 Å². The van der Waals surface area contributed by atoms with E-state index in [-0.39, 0.29) is 35.5 Å². The second kappa shape index (κ2) is 6.97. The molecule has 136 valence electrons. The summed E-state index contributed by atoms with van der Waals surface area (Å²) >= 11 is 0. The van der Waals surface area contributed by atoms with Gasteiger partial charge in [0.25, 0.3) is 0 Å². The van der Waals surface area contributed by atoms with E-state index >= 15 is 0 Å². The molecule has 4 N–H and O–H groups in total. The van der Waals surface area contributed by atoms with Crippen molar-refractivity contribution in [3.8, 4) is 0 Å². The Morgan fingerprint density at radius 3 is 2.21 bits per heavy atom. The lowest BCUT2D eigenvalue weighted by Crippen LogP contribution is -2.58. The predicted molar refractivity (Wildman–Crippen MR) is 83.4 cm³/mol. The zero-order valence-corrected chi connectivity index (χ0v) is 14.0. The Kier molecular flexibility index (Phi) is 5.56. The van der Waals surface area contributed by atoms with E-state index in [2.05, 4.69) is 4.99 Å². The monoisotopic (exact) mass is 343 g/mol. The summed E-state index contributed by atoms with van der Waals surface area (Å²) in [7, 11) is 0. The van der Waals surface area contributed by atoms with Crippen molar-refractivity contribution in [2.75, 3.05) is 6.61 Å². The lowest BCUT2D eigenvalue weighted by atomic mass is 9.70. The molecular weight excluding hydrogens is 318 g/mol. The molecule has 0 unspecified atom stereocenters. The van der Waals surface area contributed by atoms with Gasteiger partial charge in [0, 0.05) is 18.6 Å². The molecule has 1 aliphatic carbocycles. The zero-order chi connectivity index (χ0) is 18.2. The first-order valence-electron chi connectivity index (χ1n) is 7.97. The highest BCUT2D eigenvalue weighted by molar-refractivity contribution is 6.21. The van der Waals surface area contributed by atoms with Gasteiger partial charge in [-0.2, -0.15) is 0 Å². The molecule has 8 heteroatoms. The van der Waals surface area contributed by atoms with Gasteiger partial charge in [-0.25, -0.2) is 0 Å². The fourth-order valence-corrected chi connectivity index (χ4v) is 3.39. The Labute approximate surface area is 140 Å². The van der Waals surface area contributed by atoms with Gasteiger partial charge in [0.05, 0.1) is 6.61 Å². The number of aliphatic hydroxyl groups excluding tert-OH is 4. The molecule has 1 saturated carbocycles. The molecule has 0 aromatic rings. The van der Waals surface area contributed by atoms with Crippen LogP contribution in [0.5, 0.6) is 0 Å². The normalized spacial score (nSPS) is 38.5. The molecule has 0 amide bonds. The van der Waals surface area contributed by atoms with E-state index in [4.69, 9.17) is 9.84 Å². The van der Waals surface area contributed by atoms with E-state index in [0.717, 1.165) is 0 Å². The third kappa shape index (κ3) is 3.73. The van der Waals surface area contributed by atoms with E-state index in [1.165, 1.54) is 6.92 Å². The Morgan fingerprint density at radius 2 is 1.71 bits per heavy atom. The minimum absolute atomic E-state index is 0.182. The number of hydrogen-bond acceptors (Lipinski definition) is 8. The molecule has 1 aliphatic heterocycles. The quantitative estimate of drug-likeness (QED) is 0.374. The smallest absolute Gasteiger partial charge is 0.180 e. The standard InChI is InChI=1S/C16H25NO7/c1-7(11-8(19)4-16(2,3)5-9(11)20)17-12-14(22)13(21)10(6-18)24-15(12)23/h10-15,18,21-23H,4-6H2,1-3H3/t10-,12+,13+,14-,15+/m1/s1. The van der Waals surface area contributed by atoms with Crippen molar-refractivity contribution < 1.29 is 34.8 Å². The second-order valence-corrected chi connectivity index (χ2v) is 7.37. The highest BCUT2D eigenvalue weighted by Gasteiger charge is 2.45. The van der Waals surface area contributed by atoms with Crippen LogP contribution in [-0.4, -0.2) is 75.0 Å². The summed E-state index contributed by atoms with van der Waals surface area (Å²) in [6, 6.07) is -1.24. The first-order chi connectivity index (χ1) is 11.1. The number of ketones is 2. The fraction of sp³-hybridized carbons (Fsp3) is 0.812. The molecule has 0 bridgehead atoms. The van der Waals surface area contributed by atoms with Crippen LogP contribution in [0.3, 0.4) is 0 Å². The third-order valence-corrected chi connectivity index (χ3v) is 4.59. The number of carbonyl (C=O) groups excluding carboxylic acids is 2. The van der Waals surface area contributed by atoms with Crippen LogP contribution < -0.4 is 0 Å². The van der Waals surface area contributed by atoms with Crippen LogP contribution in [0.15, 0.2) is 4.99 Å². The molecule has 0 aromatic heterocycles. The average molecular weight is 343 g/mol. The summed E-state index contributed by atoms with van der Waals surface area (Å²) in [5, 5.41) is 39.0. The Morgan fingerprint density at radius 1 is 1.17 bits per heavy atom. The van der Waals surface area contributed by atoms with Crippen molar-refractivity contribution in [3.63, 3.8) is 0 Å². The number of Topliss-reactive ketones (excluding diaryl/α,β-unsaturated/α-hetero) is 2. The number of hydrogen-bond donors (Lipinski definition) is 4. The number of aliphatic imine (C=N–C) groups is 1.